The monoisotopic (exact) mass is 571 g/mol. The SMILES string of the molecule is Cc1ccc(S(=O)(=O)n2cc(-c3ncc(F)c(/N=C4\CCCC(CC(O)CO)C4)n3)c3cc(Cl)cnc32)cc1. The number of hydrogen-bond donors (Lipinski definition) is 2. The number of aliphatic imine (C=N–C) groups is 1. The van der Waals surface area contributed by atoms with E-state index in [1.807, 2.05) is 6.92 Å². The van der Waals surface area contributed by atoms with Gasteiger partial charge in [-0.3, -0.25) is 0 Å². The Bertz CT molecular complexity index is 1660. The van der Waals surface area contributed by atoms with Crippen molar-refractivity contribution < 1.29 is 23.0 Å². The summed E-state index contributed by atoms with van der Waals surface area (Å²) in [5.41, 5.74) is 2.10. The number of rotatable bonds is 7. The summed E-state index contributed by atoms with van der Waals surface area (Å²) in [4.78, 5) is 17.3. The van der Waals surface area contributed by atoms with Gasteiger partial charge in [-0.25, -0.2) is 36.7 Å². The molecule has 39 heavy (non-hydrogen) atoms. The van der Waals surface area contributed by atoms with E-state index >= 15 is 0 Å². The first-order valence-corrected chi connectivity index (χ1v) is 14.3. The first-order valence-electron chi connectivity index (χ1n) is 12.5. The van der Waals surface area contributed by atoms with Crippen molar-refractivity contribution in [1.29, 1.82) is 0 Å². The van der Waals surface area contributed by atoms with Crippen LogP contribution in [0.15, 0.2) is 58.8 Å². The number of hydrogen-bond acceptors (Lipinski definition) is 8. The molecule has 1 fully saturated rings. The van der Waals surface area contributed by atoms with Crippen LogP contribution in [0.25, 0.3) is 22.4 Å². The molecule has 204 valence electrons. The smallest absolute Gasteiger partial charge is 0.269 e. The number of benzene rings is 1. The molecule has 9 nitrogen and oxygen atoms in total. The van der Waals surface area contributed by atoms with Crippen molar-refractivity contribution >= 4 is 44.2 Å². The highest BCUT2D eigenvalue weighted by Gasteiger charge is 2.25. The minimum absolute atomic E-state index is 0.0748. The largest absolute Gasteiger partial charge is 0.394 e. The van der Waals surface area contributed by atoms with Crippen LogP contribution in [-0.4, -0.2) is 56.0 Å². The van der Waals surface area contributed by atoms with Crippen LogP contribution in [0.3, 0.4) is 0 Å². The predicted molar refractivity (Wildman–Crippen MR) is 146 cm³/mol. The van der Waals surface area contributed by atoms with Crippen molar-refractivity contribution in [1.82, 2.24) is 18.9 Å². The van der Waals surface area contributed by atoms with Gasteiger partial charge in [0.15, 0.2) is 23.1 Å². The summed E-state index contributed by atoms with van der Waals surface area (Å²) in [5, 5.41) is 19.7. The fraction of sp³-hybridized carbons (Fsp3) is 0.333. The van der Waals surface area contributed by atoms with Crippen LogP contribution < -0.4 is 0 Å². The van der Waals surface area contributed by atoms with Gasteiger partial charge in [-0.05, 0) is 63.1 Å². The molecule has 0 aliphatic heterocycles. The number of aliphatic hydroxyl groups excluding tert-OH is 2. The zero-order chi connectivity index (χ0) is 27.7. The number of aromatic nitrogens is 4. The van der Waals surface area contributed by atoms with Crippen LogP contribution in [0.4, 0.5) is 10.2 Å². The highest BCUT2D eigenvalue weighted by molar-refractivity contribution is 7.90. The van der Waals surface area contributed by atoms with E-state index < -0.39 is 21.9 Å². The van der Waals surface area contributed by atoms with Crippen molar-refractivity contribution in [3.8, 4) is 11.4 Å². The number of fused-ring (bicyclic) bond motifs is 1. The number of nitrogens with zero attached hydrogens (tertiary/aromatic N) is 5. The molecule has 2 unspecified atom stereocenters. The molecular weight excluding hydrogens is 545 g/mol. The molecule has 1 aliphatic carbocycles. The van der Waals surface area contributed by atoms with E-state index in [-0.39, 0.29) is 39.7 Å². The Hall–Kier alpha value is -3.25. The highest BCUT2D eigenvalue weighted by atomic mass is 35.5. The van der Waals surface area contributed by atoms with E-state index in [1.165, 1.54) is 24.5 Å². The van der Waals surface area contributed by atoms with Gasteiger partial charge in [-0.1, -0.05) is 29.3 Å². The highest BCUT2D eigenvalue weighted by Crippen LogP contribution is 2.34. The average Bonchev–Trinajstić information content (AvgIpc) is 3.30. The zero-order valence-electron chi connectivity index (χ0n) is 21.1. The standard InChI is InChI=1S/C27H27ClFN5O4S/c1-16-5-7-21(8-6-16)39(37,38)34-14-23(22-11-18(28)12-31-27(22)34)25-30-13-24(29)26(33-25)32-19-4-2-3-17(9-19)10-20(36)15-35/h5-8,11-14,17,20,35-36H,2-4,9-10,15H2,1H3/b32-19+. The Balaban J connectivity index is 1.56. The normalized spacial score (nSPS) is 18.1. The van der Waals surface area contributed by atoms with E-state index in [2.05, 4.69) is 19.9 Å². The van der Waals surface area contributed by atoms with Crippen LogP contribution in [0.5, 0.6) is 0 Å². The molecule has 4 aromatic rings. The Morgan fingerprint density at radius 1 is 1.23 bits per heavy atom. The third-order valence-corrected chi connectivity index (χ3v) is 8.68. The number of halogens is 2. The maximum absolute atomic E-state index is 14.8. The molecule has 0 spiro atoms. The first-order chi connectivity index (χ1) is 18.7. The van der Waals surface area contributed by atoms with E-state index in [1.54, 1.807) is 18.2 Å². The Morgan fingerprint density at radius 2 is 2.00 bits per heavy atom. The Labute approximate surface area is 230 Å². The van der Waals surface area contributed by atoms with Crippen molar-refractivity contribution in [2.24, 2.45) is 10.9 Å². The summed E-state index contributed by atoms with van der Waals surface area (Å²) in [6, 6.07) is 8.02. The molecule has 1 aromatic carbocycles. The van der Waals surface area contributed by atoms with E-state index in [4.69, 9.17) is 16.7 Å². The average molecular weight is 572 g/mol. The number of aryl methyl sites for hydroxylation is 1. The summed E-state index contributed by atoms with van der Waals surface area (Å²) in [6.45, 7) is 1.56. The van der Waals surface area contributed by atoms with Gasteiger partial charge >= 0.3 is 0 Å². The molecule has 2 atom stereocenters. The fourth-order valence-electron chi connectivity index (χ4n) is 4.85. The summed E-state index contributed by atoms with van der Waals surface area (Å²) >= 11 is 6.20. The third-order valence-electron chi connectivity index (χ3n) is 6.81. The molecule has 3 aromatic heterocycles. The molecule has 0 radical (unpaired) electrons. The lowest BCUT2D eigenvalue weighted by atomic mass is 9.84. The van der Waals surface area contributed by atoms with Crippen molar-refractivity contribution in [2.75, 3.05) is 6.61 Å². The molecular formula is C27H27ClFN5O4S. The van der Waals surface area contributed by atoms with Crippen LogP contribution in [0, 0.1) is 18.7 Å². The van der Waals surface area contributed by atoms with Crippen molar-refractivity contribution in [3.63, 3.8) is 0 Å². The fourth-order valence-corrected chi connectivity index (χ4v) is 6.33. The first kappa shape index (κ1) is 27.3. The second-order valence-corrected chi connectivity index (χ2v) is 12.0. The van der Waals surface area contributed by atoms with Crippen LogP contribution >= 0.6 is 11.6 Å². The maximum atomic E-state index is 14.8. The third kappa shape index (κ3) is 5.72. The molecule has 1 saturated carbocycles. The summed E-state index contributed by atoms with van der Waals surface area (Å²) in [7, 11) is -4.03. The van der Waals surface area contributed by atoms with Gasteiger partial charge in [0.2, 0.25) is 0 Å². The van der Waals surface area contributed by atoms with E-state index in [0.717, 1.165) is 34.3 Å². The predicted octanol–water partition coefficient (Wildman–Crippen LogP) is 4.84. The molecule has 2 N–H and O–H groups in total. The number of aliphatic hydroxyl groups is 2. The van der Waals surface area contributed by atoms with E-state index in [9.17, 15) is 17.9 Å². The lowest BCUT2D eigenvalue weighted by Crippen LogP contribution is -2.22. The minimum Gasteiger partial charge on any atom is -0.394 e. The van der Waals surface area contributed by atoms with Crippen molar-refractivity contribution in [3.05, 3.63) is 65.3 Å². The zero-order valence-corrected chi connectivity index (χ0v) is 22.7. The Morgan fingerprint density at radius 3 is 2.74 bits per heavy atom. The topological polar surface area (TPSA) is 131 Å². The molecule has 0 saturated heterocycles. The van der Waals surface area contributed by atoms with Gasteiger partial charge in [0.05, 0.1) is 28.8 Å². The summed E-state index contributed by atoms with van der Waals surface area (Å²) in [6.07, 6.45) is 6.30. The maximum Gasteiger partial charge on any atom is 0.269 e. The van der Waals surface area contributed by atoms with Crippen molar-refractivity contribution in [2.45, 2.75) is 50.0 Å². The summed E-state index contributed by atoms with van der Waals surface area (Å²) < 4.78 is 42.9. The van der Waals surface area contributed by atoms with Gasteiger partial charge in [0, 0.05) is 29.1 Å². The molecule has 3 heterocycles. The van der Waals surface area contributed by atoms with Gasteiger partial charge in [0.25, 0.3) is 10.0 Å². The van der Waals surface area contributed by atoms with Crippen LogP contribution in [-0.2, 0) is 10.0 Å². The second-order valence-electron chi connectivity index (χ2n) is 9.76. The van der Waals surface area contributed by atoms with Crippen LogP contribution in [0.2, 0.25) is 5.02 Å². The molecule has 1 aliphatic rings. The second kappa shape index (κ2) is 11.1. The van der Waals surface area contributed by atoms with Gasteiger partial charge in [-0.15, -0.1) is 0 Å². The molecule has 5 rings (SSSR count). The van der Waals surface area contributed by atoms with Crippen LogP contribution in [0.1, 0.15) is 37.7 Å². The van der Waals surface area contributed by atoms with E-state index in [0.29, 0.717) is 30.2 Å². The minimum atomic E-state index is -4.03. The number of pyridine rings is 1. The molecule has 12 heteroatoms. The van der Waals surface area contributed by atoms with Gasteiger partial charge in [0.1, 0.15) is 0 Å². The Kier molecular flexibility index (Phi) is 7.77. The quantitative estimate of drug-likeness (QED) is 0.324. The molecule has 0 bridgehead atoms. The molecule has 0 amide bonds. The van der Waals surface area contributed by atoms with Gasteiger partial charge < -0.3 is 10.2 Å². The summed E-state index contributed by atoms with van der Waals surface area (Å²) in [5.74, 6) is -0.667. The van der Waals surface area contributed by atoms with Gasteiger partial charge in [-0.2, -0.15) is 0 Å². The lowest BCUT2D eigenvalue weighted by Gasteiger charge is -2.24. The lowest BCUT2D eigenvalue weighted by molar-refractivity contribution is 0.0725.